The molecule has 0 aliphatic rings. The minimum absolute atomic E-state index is 0.633. The number of halogens is 1. The normalized spacial score (nSPS) is 10.1. The van der Waals surface area contributed by atoms with Crippen LogP contribution in [0.4, 0.5) is 0 Å². The van der Waals surface area contributed by atoms with Crippen molar-refractivity contribution in [3.63, 3.8) is 0 Å². The highest BCUT2D eigenvalue weighted by Gasteiger charge is 2.00. The summed E-state index contributed by atoms with van der Waals surface area (Å²) in [5.74, 6) is 0.775. The van der Waals surface area contributed by atoms with Gasteiger partial charge in [-0.15, -0.1) is 0 Å². The van der Waals surface area contributed by atoms with Gasteiger partial charge in [0.1, 0.15) is 4.60 Å². The summed E-state index contributed by atoms with van der Waals surface area (Å²) in [6.07, 6.45) is 6.16. The molecule has 0 N–H and O–H groups in total. The third kappa shape index (κ3) is 3.03. The maximum Gasteiger partial charge on any atom is 0.152 e. The smallest absolute Gasteiger partial charge is 0.152 e. The van der Waals surface area contributed by atoms with E-state index in [4.69, 9.17) is 4.74 Å². The quantitative estimate of drug-likeness (QED) is 0.807. The molecule has 0 spiro atoms. The average Bonchev–Trinajstić information content (AvgIpc) is 2.33. The molecule has 0 aliphatic carbocycles. The zero-order valence-corrected chi connectivity index (χ0v) is 10.2. The van der Waals surface area contributed by atoms with Gasteiger partial charge in [-0.2, -0.15) is 0 Å². The monoisotopic (exact) mass is 278 g/mol. The molecule has 2 heterocycles. The van der Waals surface area contributed by atoms with E-state index in [0.717, 1.165) is 16.8 Å². The van der Waals surface area contributed by atoms with Gasteiger partial charge in [0.25, 0.3) is 0 Å². The molecule has 2 rings (SSSR count). The lowest BCUT2D eigenvalue weighted by atomic mass is 10.2. The molecule has 0 aliphatic heterocycles. The Labute approximate surface area is 103 Å². The lowest BCUT2D eigenvalue weighted by molar-refractivity contribution is 0.318. The molecule has 3 nitrogen and oxygen atoms in total. The van der Waals surface area contributed by atoms with Gasteiger partial charge in [-0.05, 0) is 45.8 Å². The molecular formula is C12H11BrN2O. The van der Waals surface area contributed by atoms with Crippen molar-refractivity contribution in [2.45, 2.75) is 6.42 Å². The predicted molar refractivity (Wildman–Crippen MR) is 65.4 cm³/mol. The molecular weight excluding hydrogens is 268 g/mol. The van der Waals surface area contributed by atoms with E-state index in [9.17, 15) is 0 Å². The minimum Gasteiger partial charge on any atom is -0.490 e. The summed E-state index contributed by atoms with van der Waals surface area (Å²) >= 11 is 3.34. The SMILES string of the molecule is Brc1ncccc1OCCc1ccncc1. The fourth-order valence-electron chi connectivity index (χ4n) is 1.31. The zero-order chi connectivity index (χ0) is 11.2. The van der Waals surface area contributed by atoms with Crippen LogP contribution in [0.15, 0.2) is 47.5 Å². The predicted octanol–water partition coefficient (Wildman–Crippen LogP) is 2.86. The number of rotatable bonds is 4. The van der Waals surface area contributed by atoms with Crippen molar-refractivity contribution in [1.82, 2.24) is 9.97 Å². The van der Waals surface area contributed by atoms with E-state index in [-0.39, 0.29) is 0 Å². The second-order valence-corrected chi connectivity index (χ2v) is 4.00. The minimum atomic E-state index is 0.633. The maximum absolute atomic E-state index is 5.61. The summed E-state index contributed by atoms with van der Waals surface area (Å²) in [6.45, 7) is 0.633. The molecule has 0 saturated carbocycles. The first-order valence-corrected chi connectivity index (χ1v) is 5.78. The third-order valence-corrected chi connectivity index (χ3v) is 2.72. The molecule has 0 amide bonds. The Bertz CT molecular complexity index is 448. The van der Waals surface area contributed by atoms with Crippen LogP contribution in [-0.4, -0.2) is 16.6 Å². The van der Waals surface area contributed by atoms with E-state index < -0.39 is 0 Å². The van der Waals surface area contributed by atoms with Crippen LogP contribution in [0.3, 0.4) is 0 Å². The van der Waals surface area contributed by atoms with Crippen LogP contribution < -0.4 is 4.74 Å². The van der Waals surface area contributed by atoms with Crippen LogP contribution in [0.2, 0.25) is 0 Å². The fraction of sp³-hybridized carbons (Fsp3) is 0.167. The zero-order valence-electron chi connectivity index (χ0n) is 8.64. The van der Waals surface area contributed by atoms with Crippen molar-refractivity contribution >= 4 is 15.9 Å². The van der Waals surface area contributed by atoms with Gasteiger partial charge in [0.2, 0.25) is 0 Å². The van der Waals surface area contributed by atoms with Gasteiger partial charge in [-0.1, -0.05) is 0 Å². The van der Waals surface area contributed by atoms with Crippen LogP contribution in [0.1, 0.15) is 5.56 Å². The fourth-order valence-corrected chi connectivity index (χ4v) is 1.67. The summed E-state index contributed by atoms with van der Waals surface area (Å²) in [7, 11) is 0. The molecule has 4 heteroatoms. The highest BCUT2D eigenvalue weighted by molar-refractivity contribution is 9.10. The second-order valence-electron chi connectivity index (χ2n) is 3.25. The van der Waals surface area contributed by atoms with Crippen molar-refractivity contribution in [3.8, 4) is 5.75 Å². The molecule has 0 unspecified atom stereocenters. The lowest BCUT2D eigenvalue weighted by Crippen LogP contribution is -2.02. The highest BCUT2D eigenvalue weighted by Crippen LogP contribution is 2.20. The van der Waals surface area contributed by atoms with Crippen molar-refractivity contribution in [2.75, 3.05) is 6.61 Å². The van der Waals surface area contributed by atoms with Crippen LogP contribution in [0, 0.1) is 0 Å². The molecule has 0 saturated heterocycles. The van der Waals surface area contributed by atoms with Crippen LogP contribution in [-0.2, 0) is 6.42 Å². The first-order valence-electron chi connectivity index (χ1n) is 4.98. The molecule has 0 fully saturated rings. The molecule has 82 valence electrons. The van der Waals surface area contributed by atoms with Gasteiger partial charge in [0.05, 0.1) is 6.61 Å². The summed E-state index contributed by atoms with van der Waals surface area (Å²) in [6, 6.07) is 7.72. The van der Waals surface area contributed by atoms with Crippen LogP contribution >= 0.6 is 15.9 Å². The topological polar surface area (TPSA) is 35.0 Å². The Morgan fingerprint density at radius 2 is 1.94 bits per heavy atom. The van der Waals surface area contributed by atoms with Gasteiger partial charge in [-0.3, -0.25) is 4.98 Å². The first kappa shape index (κ1) is 11.1. The number of hydrogen-bond donors (Lipinski definition) is 0. The maximum atomic E-state index is 5.61. The van der Waals surface area contributed by atoms with Gasteiger partial charge in [0, 0.05) is 25.0 Å². The van der Waals surface area contributed by atoms with Gasteiger partial charge < -0.3 is 4.74 Å². The molecule has 16 heavy (non-hydrogen) atoms. The number of ether oxygens (including phenoxy) is 1. The largest absolute Gasteiger partial charge is 0.490 e. The Balaban J connectivity index is 1.87. The van der Waals surface area contributed by atoms with E-state index in [2.05, 4.69) is 25.9 Å². The average molecular weight is 279 g/mol. The number of nitrogens with zero attached hydrogens (tertiary/aromatic N) is 2. The van der Waals surface area contributed by atoms with E-state index in [1.807, 2.05) is 24.3 Å². The van der Waals surface area contributed by atoms with Crippen LogP contribution in [0.5, 0.6) is 5.75 Å². The Morgan fingerprint density at radius 1 is 1.12 bits per heavy atom. The number of aromatic nitrogens is 2. The van der Waals surface area contributed by atoms with E-state index in [1.54, 1.807) is 18.6 Å². The second kappa shape index (κ2) is 5.61. The van der Waals surface area contributed by atoms with E-state index in [0.29, 0.717) is 6.61 Å². The molecule has 0 bridgehead atoms. The van der Waals surface area contributed by atoms with E-state index >= 15 is 0 Å². The molecule has 0 atom stereocenters. The van der Waals surface area contributed by atoms with Crippen molar-refractivity contribution < 1.29 is 4.74 Å². The Morgan fingerprint density at radius 3 is 2.69 bits per heavy atom. The number of pyridine rings is 2. The standard InChI is InChI=1S/C12H11BrN2O/c13-12-11(2-1-6-15-12)16-9-5-10-3-7-14-8-4-10/h1-4,6-8H,5,9H2. The number of hydrogen-bond acceptors (Lipinski definition) is 3. The van der Waals surface area contributed by atoms with E-state index in [1.165, 1.54) is 5.56 Å². The Hall–Kier alpha value is -1.42. The summed E-state index contributed by atoms with van der Waals surface area (Å²) in [5, 5.41) is 0. The Kier molecular flexibility index (Phi) is 3.88. The molecule has 0 radical (unpaired) electrons. The van der Waals surface area contributed by atoms with Crippen molar-refractivity contribution in [3.05, 3.63) is 53.0 Å². The molecule has 2 aromatic rings. The van der Waals surface area contributed by atoms with Gasteiger partial charge in [-0.25, -0.2) is 4.98 Å². The van der Waals surface area contributed by atoms with Gasteiger partial charge in [0.15, 0.2) is 5.75 Å². The lowest BCUT2D eigenvalue weighted by Gasteiger charge is -2.06. The first-order chi connectivity index (χ1) is 7.86. The van der Waals surface area contributed by atoms with Gasteiger partial charge >= 0.3 is 0 Å². The molecule has 2 aromatic heterocycles. The highest BCUT2D eigenvalue weighted by atomic mass is 79.9. The third-order valence-electron chi connectivity index (χ3n) is 2.12. The molecule has 0 aromatic carbocycles. The summed E-state index contributed by atoms with van der Waals surface area (Å²) in [5.41, 5.74) is 1.22. The summed E-state index contributed by atoms with van der Waals surface area (Å²) in [4.78, 5) is 8.05. The van der Waals surface area contributed by atoms with Crippen molar-refractivity contribution in [2.24, 2.45) is 0 Å². The summed E-state index contributed by atoms with van der Waals surface area (Å²) < 4.78 is 6.35. The van der Waals surface area contributed by atoms with Crippen LogP contribution in [0.25, 0.3) is 0 Å². The van der Waals surface area contributed by atoms with Crippen molar-refractivity contribution in [1.29, 1.82) is 0 Å².